The molecule has 0 unspecified atom stereocenters. The van der Waals surface area contributed by atoms with Gasteiger partial charge in [-0.05, 0) is 41.9 Å². The first-order valence-corrected chi connectivity index (χ1v) is 6.55. The van der Waals surface area contributed by atoms with Gasteiger partial charge in [0.1, 0.15) is 0 Å². The summed E-state index contributed by atoms with van der Waals surface area (Å²) in [7, 11) is 0. The molecule has 1 heteroatoms. The minimum absolute atomic E-state index is 0.720. The summed E-state index contributed by atoms with van der Waals surface area (Å²) in [6.07, 6.45) is 2.32. The quantitative estimate of drug-likeness (QED) is 0.733. The minimum Gasteiger partial charge on any atom is -0.0625 e. The Hall–Kier alpha value is -0.300. The fourth-order valence-corrected chi connectivity index (χ4v) is 2.38. The molecule has 0 saturated carbocycles. The van der Waals surface area contributed by atoms with E-state index in [9.17, 15) is 0 Å². The Bertz CT molecular complexity index is 313. The molecule has 0 aromatic heterocycles. The Morgan fingerprint density at radius 2 is 1.60 bits per heavy atom. The molecule has 84 valence electrons. The molecule has 0 radical (unpaired) electrons. The van der Waals surface area contributed by atoms with Gasteiger partial charge in [-0.25, -0.2) is 0 Å². The molecule has 0 aliphatic heterocycles. The third kappa shape index (κ3) is 4.38. The van der Waals surface area contributed by atoms with Gasteiger partial charge in [0.2, 0.25) is 0 Å². The summed E-state index contributed by atoms with van der Waals surface area (Å²) in [6.45, 7) is 9.04. The molecule has 0 nitrogen and oxygen atoms in total. The van der Waals surface area contributed by atoms with Crippen LogP contribution in [0.1, 0.15) is 38.8 Å². The molecule has 1 aromatic rings. The lowest BCUT2D eigenvalue weighted by Crippen LogP contribution is -1.98. The number of hydrogen-bond donors (Lipinski definition) is 0. The largest absolute Gasteiger partial charge is 0.0625 e. The second kappa shape index (κ2) is 5.69. The van der Waals surface area contributed by atoms with Gasteiger partial charge < -0.3 is 0 Å². The predicted octanol–water partition coefficient (Wildman–Crippen LogP) is 4.85. The zero-order valence-electron chi connectivity index (χ0n) is 10.2. The fourth-order valence-electron chi connectivity index (χ4n) is 1.79. The van der Waals surface area contributed by atoms with Crippen molar-refractivity contribution in [2.75, 3.05) is 0 Å². The molecule has 0 bridgehead atoms. The Balaban J connectivity index is 2.78. The van der Waals surface area contributed by atoms with Crippen LogP contribution in [0.25, 0.3) is 0 Å². The third-order valence-corrected chi connectivity index (χ3v) is 3.13. The van der Waals surface area contributed by atoms with Gasteiger partial charge in [0, 0.05) is 4.47 Å². The van der Waals surface area contributed by atoms with Gasteiger partial charge >= 0.3 is 0 Å². The molecule has 0 amide bonds. The van der Waals surface area contributed by atoms with E-state index in [4.69, 9.17) is 0 Å². The summed E-state index contributed by atoms with van der Waals surface area (Å²) >= 11 is 3.67. The lowest BCUT2D eigenvalue weighted by molar-refractivity contribution is 0.638. The van der Waals surface area contributed by atoms with Gasteiger partial charge in [0.25, 0.3) is 0 Å². The van der Waals surface area contributed by atoms with Gasteiger partial charge in [-0.3, -0.25) is 0 Å². The predicted molar refractivity (Wildman–Crippen MR) is 71.2 cm³/mol. The molecule has 1 aromatic carbocycles. The summed E-state index contributed by atoms with van der Waals surface area (Å²) in [5.41, 5.74) is 2.86. The molecule has 0 N–H and O–H groups in total. The van der Waals surface area contributed by atoms with Crippen molar-refractivity contribution in [3.05, 3.63) is 33.8 Å². The maximum absolute atomic E-state index is 3.67. The minimum atomic E-state index is 0.720. The second-order valence-electron chi connectivity index (χ2n) is 5.12. The Kier molecular flexibility index (Phi) is 4.85. The number of benzene rings is 1. The summed E-state index contributed by atoms with van der Waals surface area (Å²) in [6, 6.07) is 6.81. The van der Waals surface area contributed by atoms with Crippen molar-refractivity contribution in [2.45, 2.75) is 40.5 Å². The monoisotopic (exact) mass is 268 g/mol. The molecule has 0 fully saturated rings. The van der Waals surface area contributed by atoms with E-state index < -0.39 is 0 Å². The summed E-state index contributed by atoms with van der Waals surface area (Å²) in [5.74, 6) is 1.45. The standard InChI is InChI=1S/C14H21Br/c1-10(2)7-12-5-6-13(8-11(3)4)14(15)9-12/h5-6,9-11H,7-8H2,1-4H3. The van der Waals surface area contributed by atoms with Crippen molar-refractivity contribution in [1.82, 2.24) is 0 Å². The van der Waals surface area contributed by atoms with E-state index in [0.29, 0.717) is 0 Å². The molecule has 0 spiro atoms. The van der Waals surface area contributed by atoms with Gasteiger partial charge in [0.05, 0.1) is 0 Å². The maximum atomic E-state index is 3.67. The first kappa shape index (κ1) is 12.8. The summed E-state index contributed by atoms with van der Waals surface area (Å²) < 4.78 is 1.27. The van der Waals surface area contributed by atoms with Crippen molar-refractivity contribution >= 4 is 15.9 Å². The van der Waals surface area contributed by atoms with Crippen LogP contribution in [0.2, 0.25) is 0 Å². The number of halogens is 1. The van der Waals surface area contributed by atoms with Gasteiger partial charge in [-0.1, -0.05) is 55.8 Å². The lowest BCUT2D eigenvalue weighted by Gasteiger charge is -2.10. The van der Waals surface area contributed by atoms with E-state index in [-0.39, 0.29) is 0 Å². The molecule has 0 atom stereocenters. The van der Waals surface area contributed by atoms with E-state index in [2.05, 4.69) is 61.8 Å². The molecule has 0 saturated heterocycles. The lowest BCUT2D eigenvalue weighted by atomic mass is 9.98. The summed E-state index contributed by atoms with van der Waals surface area (Å²) in [4.78, 5) is 0. The van der Waals surface area contributed by atoms with Crippen LogP contribution in [-0.4, -0.2) is 0 Å². The van der Waals surface area contributed by atoms with Crippen molar-refractivity contribution < 1.29 is 0 Å². The first-order chi connectivity index (χ1) is 6.99. The second-order valence-corrected chi connectivity index (χ2v) is 5.98. The van der Waals surface area contributed by atoms with Crippen molar-refractivity contribution in [1.29, 1.82) is 0 Å². The van der Waals surface area contributed by atoms with E-state index in [1.165, 1.54) is 22.0 Å². The normalized spacial score (nSPS) is 11.4. The maximum Gasteiger partial charge on any atom is 0.0210 e. The Morgan fingerprint density at radius 1 is 1.00 bits per heavy atom. The van der Waals surface area contributed by atoms with Gasteiger partial charge in [-0.2, -0.15) is 0 Å². The molecule has 15 heavy (non-hydrogen) atoms. The highest BCUT2D eigenvalue weighted by atomic mass is 79.9. The summed E-state index contributed by atoms with van der Waals surface area (Å²) in [5, 5.41) is 0. The zero-order chi connectivity index (χ0) is 11.4. The molecule has 1 rings (SSSR count). The van der Waals surface area contributed by atoms with Crippen LogP contribution < -0.4 is 0 Å². The highest BCUT2D eigenvalue weighted by molar-refractivity contribution is 9.10. The third-order valence-electron chi connectivity index (χ3n) is 2.39. The average Bonchev–Trinajstić information content (AvgIpc) is 2.08. The van der Waals surface area contributed by atoms with E-state index >= 15 is 0 Å². The molecule has 0 aliphatic carbocycles. The van der Waals surface area contributed by atoms with Crippen LogP contribution >= 0.6 is 15.9 Å². The van der Waals surface area contributed by atoms with Gasteiger partial charge in [0.15, 0.2) is 0 Å². The van der Waals surface area contributed by atoms with E-state index in [0.717, 1.165) is 18.3 Å². The topological polar surface area (TPSA) is 0 Å². The zero-order valence-corrected chi connectivity index (χ0v) is 11.8. The van der Waals surface area contributed by atoms with Crippen LogP contribution in [0, 0.1) is 11.8 Å². The Morgan fingerprint density at radius 3 is 2.07 bits per heavy atom. The molecular weight excluding hydrogens is 248 g/mol. The highest BCUT2D eigenvalue weighted by Gasteiger charge is 2.05. The van der Waals surface area contributed by atoms with Crippen LogP contribution in [0.3, 0.4) is 0 Å². The highest BCUT2D eigenvalue weighted by Crippen LogP contribution is 2.22. The smallest absolute Gasteiger partial charge is 0.0210 e. The van der Waals surface area contributed by atoms with E-state index in [1.54, 1.807) is 0 Å². The SMILES string of the molecule is CC(C)Cc1ccc(CC(C)C)c(Br)c1. The number of hydrogen-bond acceptors (Lipinski definition) is 0. The number of rotatable bonds is 4. The molecule has 0 aliphatic rings. The van der Waals surface area contributed by atoms with Crippen molar-refractivity contribution in [2.24, 2.45) is 11.8 Å². The molecule has 0 heterocycles. The van der Waals surface area contributed by atoms with Crippen LogP contribution in [-0.2, 0) is 12.8 Å². The average molecular weight is 269 g/mol. The van der Waals surface area contributed by atoms with Crippen LogP contribution in [0.15, 0.2) is 22.7 Å². The van der Waals surface area contributed by atoms with Crippen LogP contribution in [0.5, 0.6) is 0 Å². The van der Waals surface area contributed by atoms with Gasteiger partial charge in [-0.15, -0.1) is 0 Å². The molecular formula is C14H21Br. The first-order valence-electron chi connectivity index (χ1n) is 5.76. The van der Waals surface area contributed by atoms with Crippen molar-refractivity contribution in [3.8, 4) is 0 Å². The van der Waals surface area contributed by atoms with E-state index in [1.807, 2.05) is 0 Å². The van der Waals surface area contributed by atoms with Crippen molar-refractivity contribution in [3.63, 3.8) is 0 Å². The van der Waals surface area contributed by atoms with Crippen LogP contribution in [0.4, 0.5) is 0 Å². The Labute approximate surface area is 102 Å². The fraction of sp³-hybridized carbons (Fsp3) is 0.571.